The molecule has 1 atom stereocenters. The van der Waals surface area contributed by atoms with Crippen LogP contribution in [-0.4, -0.2) is 44.0 Å². The van der Waals surface area contributed by atoms with Crippen LogP contribution in [0.25, 0.3) is 0 Å². The standard InChI is InChI=1S/C20H28O6/c1-24-11-12-25-15-17(13-20(19(22)23)9-5-6-10-20)18(21)26-14-16-7-3-2-4-8-16/h2-4,7-8,17H,5-6,9-15H2,1H3,(H,22,23). The Kier molecular flexibility index (Phi) is 8.06. The van der Waals surface area contributed by atoms with Gasteiger partial charge in [-0.25, -0.2) is 0 Å². The van der Waals surface area contributed by atoms with Crippen LogP contribution < -0.4 is 0 Å². The van der Waals surface area contributed by atoms with Gasteiger partial charge in [-0.3, -0.25) is 9.59 Å². The molecule has 6 nitrogen and oxygen atoms in total. The highest BCUT2D eigenvalue weighted by atomic mass is 16.5. The van der Waals surface area contributed by atoms with Gasteiger partial charge < -0.3 is 19.3 Å². The van der Waals surface area contributed by atoms with E-state index in [4.69, 9.17) is 14.2 Å². The monoisotopic (exact) mass is 364 g/mol. The van der Waals surface area contributed by atoms with Gasteiger partial charge in [-0.2, -0.15) is 0 Å². The second kappa shape index (κ2) is 10.3. The van der Waals surface area contributed by atoms with Crippen LogP contribution in [0.15, 0.2) is 30.3 Å². The Morgan fingerprint density at radius 2 is 1.85 bits per heavy atom. The Hall–Kier alpha value is -1.92. The first kappa shape index (κ1) is 20.4. The van der Waals surface area contributed by atoms with Crippen molar-refractivity contribution in [3.63, 3.8) is 0 Å². The number of carboxylic acid groups (broad SMARTS) is 1. The molecule has 0 saturated heterocycles. The molecule has 1 aliphatic rings. The number of methoxy groups -OCH3 is 1. The third kappa shape index (κ3) is 5.81. The summed E-state index contributed by atoms with van der Waals surface area (Å²) in [4.78, 5) is 24.4. The van der Waals surface area contributed by atoms with Crippen LogP contribution in [0.3, 0.4) is 0 Å². The first-order chi connectivity index (χ1) is 12.6. The van der Waals surface area contributed by atoms with Gasteiger partial charge in [0, 0.05) is 7.11 Å². The lowest BCUT2D eigenvalue weighted by Gasteiger charge is -2.28. The molecule has 0 aromatic heterocycles. The quantitative estimate of drug-likeness (QED) is 0.480. The molecule has 1 aromatic carbocycles. The van der Waals surface area contributed by atoms with Crippen LogP contribution in [-0.2, 0) is 30.4 Å². The Balaban J connectivity index is 1.99. The zero-order valence-electron chi connectivity index (χ0n) is 15.3. The zero-order chi connectivity index (χ0) is 18.8. The summed E-state index contributed by atoms with van der Waals surface area (Å²) >= 11 is 0. The number of carboxylic acids is 1. The van der Waals surface area contributed by atoms with Crippen LogP contribution in [0.5, 0.6) is 0 Å². The van der Waals surface area contributed by atoms with Crippen LogP contribution in [0.1, 0.15) is 37.7 Å². The van der Waals surface area contributed by atoms with Gasteiger partial charge in [0.05, 0.1) is 31.2 Å². The fraction of sp³-hybridized carbons (Fsp3) is 0.600. The summed E-state index contributed by atoms with van der Waals surface area (Å²) in [5.41, 5.74) is 0.0508. The maximum atomic E-state index is 12.6. The van der Waals surface area contributed by atoms with E-state index in [2.05, 4.69) is 0 Å². The SMILES string of the molecule is COCCOCC(CC1(C(=O)O)CCCC1)C(=O)OCc1ccccc1. The molecule has 1 unspecified atom stereocenters. The van der Waals surface area contributed by atoms with Crippen molar-refractivity contribution < 1.29 is 28.9 Å². The largest absolute Gasteiger partial charge is 0.481 e. The maximum absolute atomic E-state index is 12.6. The second-order valence-electron chi connectivity index (χ2n) is 6.85. The van der Waals surface area contributed by atoms with Gasteiger partial charge in [-0.1, -0.05) is 43.2 Å². The highest BCUT2D eigenvalue weighted by Crippen LogP contribution is 2.43. The summed E-state index contributed by atoms with van der Waals surface area (Å²) in [5, 5.41) is 9.70. The number of aliphatic carboxylic acids is 1. The molecule has 0 heterocycles. The fourth-order valence-electron chi connectivity index (χ4n) is 3.45. The third-order valence-electron chi connectivity index (χ3n) is 4.96. The minimum Gasteiger partial charge on any atom is -0.481 e. The lowest BCUT2D eigenvalue weighted by atomic mass is 9.78. The zero-order valence-corrected chi connectivity index (χ0v) is 15.3. The molecule has 2 rings (SSSR count). The Bertz CT molecular complexity index is 565. The van der Waals surface area contributed by atoms with Crippen molar-refractivity contribution in [3.05, 3.63) is 35.9 Å². The average Bonchev–Trinajstić information content (AvgIpc) is 3.13. The number of hydrogen-bond acceptors (Lipinski definition) is 5. The molecular weight excluding hydrogens is 336 g/mol. The Morgan fingerprint density at radius 3 is 2.46 bits per heavy atom. The molecule has 1 N–H and O–H groups in total. The number of carbonyl (C=O) groups is 2. The molecular formula is C20H28O6. The number of hydrogen-bond donors (Lipinski definition) is 1. The van der Waals surface area contributed by atoms with Gasteiger partial charge in [-0.15, -0.1) is 0 Å². The number of carbonyl (C=O) groups excluding carboxylic acids is 1. The van der Waals surface area contributed by atoms with Gasteiger partial charge in [0.25, 0.3) is 0 Å². The van der Waals surface area contributed by atoms with Crippen molar-refractivity contribution in [1.82, 2.24) is 0 Å². The number of benzene rings is 1. The van der Waals surface area contributed by atoms with Crippen molar-refractivity contribution in [1.29, 1.82) is 0 Å². The molecule has 6 heteroatoms. The average molecular weight is 364 g/mol. The molecule has 1 saturated carbocycles. The van der Waals surface area contributed by atoms with Crippen molar-refractivity contribution >= 4 is 11.9 Å². The van der Waals surface area contributed by atoms with E-state index in [1.807, 2.05) is 30.3 Å². The predicted molar refractivity (Wildman–Crippen MR) is 95.6 cm³/mol. The van der Waals surface area contributed by atoms with Crippen molar-refractivity contribution in [2.45, 2.75) is 38.7 Å². The molecule has 1 fully saturated rings. The van der Waals surface area contributed by atoms with Crippen molar-refractivity contribution in [2.24, 2.45) is 11.3 Å². The van der Waals surface area contributed by atoms with Crippen molar-refractivity contribution in [2.75, 3.05) is 26.9 Å². The molecule has 0 spiro atoms. The summed E-state index contributed by atoms with van der Waals surface area (Å²) in [7, 11) is 1.58. The first-order valence-electron chi connectivity index (χ1n) is 9.08. The summed E-state index contributed by atoms with van der Waals surface area (Å²) in [5.74, 6) is -1.82. The predicted octanol–water partition coefficient (Wildman–Crippen LogP) is 3.04. The maximum Gasteiger partial charge on any atom is 0.311 e. The van der Waals surface area contributed by atoms with Crippen LogP contribution in [0.4, 0.5) is 0 Å². The Labute approximate surface area is 154 Å². The van der Waals surface area contributed by atoms with E-state index in [1.54, 1.807) is 7.11 Å². The van der Waals surface area contributed by atoms with Crippen molar-refractivity contribution in [3.8, 4) is 0 Å². The lowest BCUT2D eigenvalue weighted by molar-refractivity contribution is -0.158. The third-order valence-corrected chi connectivity index (χ3v) is 4.96. The van der Waals surface area contributed by atoms with E-state index in [-0.39, 0.29) is 19.6 Å². The molecule has 0 radical (unpaired) electrons. The number of rotatable bonds is 11. The van der Waals surface area contributed by atoms with Gasteiger partial charge in [0.15, 0.2) is 0 Å². The summed E-state index contributed by atoms with van der Waals surface area (Å²) in [6, 6.07) is 9.42. The highest BCUT2D eigenvalue weighted by Gasteiger charge is 2.44. The first-order valence-corrected chi connectivity index (χ1v) is 9.08. The summed E-state index contributed by atoms with van der Waals surface area (Å²) < 4.78 is 15.9. The molecule has 1 aromatic rings. The molecule has 0 aliphatic heterocycles. The molecule has 26 heavy (non-hydrogen) atoms. The Morgan fingerprint density at radius 1 is 1.15 bits per heavy atom. The number of ether oxygens (including phenoxy) is 3. The molecule has 0 amide bonds. The van der Waals surface area contributed by atoms with Crippen LogP contribution in [0.2, 0.25) is 0 Å². The number of esters is 1. The van der Waals surface area contributed by atoms with E-state index in [0.717, 1.165) is 18.4 Å². The van der Waals surface area contributed by atoms with Gasteiger partial charge in [-0.05, 0) is 24.8 Å². The van der Waals surface area contributed by atoms with Crippen LogP contribution >= 0.6 is 0 Å². The van der Waals surface area contributed by atoms with E-state index in [1.165, 1.54) is 0 Å². The smallest absolute Gasteiger partial charge is 0.311 e. The summed E-state index contributed by atoms with van der Waals surface area (Å²) in [6.07, 6.45) is 3.21. The molecule has 1 aliphatic carbocycles. The summed E-state index contributed by atoms with van der Waals surface area (Å²) in [6.45, 7) is 1.11. The second-order valence-corrected chi connectivity index (χ2v) is 6.85. The highest BCUT2D eigenvalue weighted by molar-refractivity contribution is 5.78. The minimum absolute atomic E-state index is 0.145. The molecule has 0 bridgehead atoms. The minimum atomic E-state index is -0.846. The molecule has 144 valence electrons. The van der Waals surface area contributed by atoms with Gasteiger partial charge in [0.1, 0.15) is 6.61 Å². The normalized spacial score (nSPS) is 17.0. The van der Waals surface area contributed by atoms with Gasteiger partial charge >= 0.3 is 11.9 Å². The topological polar surface area (TPSA) is 82.1 Å². The van der Waals surface area contributed by atoms with E-state index in [9.17, 15) is 14.7 Å². The van der Waals surface area contributed by atoms with E-state index in [0.29, 0.717) is 26.1 Å². The van der Waals surface area contributed by atoms with Gasteiger partial charge in [0.2, 0.25) is 0 Å². The van der Waals surface area contributed by atoms with E-state index < -0.39 is 23.3 Å². The van der Waals surface area contributed by atoms with E-state index >= 15 is 0 Å². The fourth-order valence-corrected chi connectivity index (χ4v) is 3.45. The van der Waals surface area contributed by atoms with Crippen LogP contribution in [0, 0.1) is 11.3 Å². The lowest BCUT2D eigenvalue weighted by Crippen LogP contribution is -2.35.